The molecule has 0 aliphatic rings. The summed E-state index contributed by atoms with van der Waals surface area (Å²) < 4.78 is 10.5. The van der Waals surface area contributed by atoms with Crippen molar-refractivity contribution in [2.45, 2.75) is 20.8 Å². The topological polar surface area (TPSA) is 76.7 Å². The molecular weight excluding hydrogens is 424 g/mol. The molecule has 0 atom stereocenters. The second-order valence-corrected chi connectivity index (χ2v) is 8.30. The summed E-state index contributed by atoms with van der Waals surface area (Å²) in [7, 11) is 3.03. The van der Waals surface area contributed by atoms with E-state index in [1.807, 2.05) is 50.4 Å². The number of nitrogens with one attached hydrogen (secondary N) is 2. The largest absolute Gasteiger partial charge is 0.493 e. The van der Waals surface area contributed by atoms with E-state index in [-0.39, 0.29) is 5.70 Å². The maximum atomic E-state index is 13.2. The molecule has 2 aromatic carbocycles. The van der Waals surface area contributed by atoms with Gasteiger partial charge in [-0.3, -0.25) is 9.59 Å². The Bertz CT molecular complexity index is 1140. The van der Waals surface area contributed by atoms with Crippen LogP contribution in [0.1, 0.15) is 31.9 Å². The second kappa shape index (κ2) is 10.2. The van der Waals surface area contributed by atoms with Gasteiger partial charge in [0.1, 0.15) is 5.70 Å². The molecule has 32 heavy (non-hydrogen) atoms. The van der Waals surface area contributed by atoms with Gasteiger partial charge in [0.15, 0.2) is 11.5 Å². The van der Waals surface area contributed by atoms with Crippen LogP contribution in [0.15, 0.2) is 53.5 Å². The highest BCUT2D eigenvalue weighted by atomic mass is 32.1. The summed E-state index contributed by atoms with van der Waals surface area (Å²) in [6, 6.07) is 12.6. The number of carbonyl (C=O) groups excluding carboxylic acids is 2. The van der Waals surface area contributed by atoms with Gasteiger partial charge in [-0.05, 0) is 67.6 Å². The Hall–Kier alpha value is -3.58. The smallest absolute Gasteiger partial charge is 0.272 e. The zero-order chi connectivity index (χ0) is 23.3. The first-order valence-corrected chi connectivity index (χ1v) is 10.9. The molecule has 1 aromatic heterocycles. The summed E-state index contributed by atoms with van der Waals surface area (Å²) in [6.45, 7) is 5.90. The van der Waals surface area contributed by atoms with Gasteiger partial charge >= 0.3 is 0 Å². The number of hydrogen-bond acceptors (Lipinski definition) is 5. The van der Waals surface area contributed by atoms with Gasteiger partial charge in [-0.15, -0.1) is 11.3 Å². The van der Waals surface area contributed by atoms with E-state index in [1.54, 1.807) is 24.3 Å². The number of carbonyl (C=O) groups is 2. The van der Waals surface area contributed by atoms with Crippen molar-refractivity contribution in [3.05, 3.63) is 80.7 Å². The lowest BCUT2D eigenvalue weighted by Crippen LogP contribution is -2.31. The van der Waals surface area contributed by atoms with E-state index in [0.717, 1.165) is 27.3 Å². The Morgan fingerprint density at radius 2 is 1.62 bits per heavy atom. The number of rotatable bonds is 7. The first-order chi connectivity index (χ1) is 15.3. The highest BCUT2D eigenvalue weighted by Gasteiger charge is 2.18. The summed E-state index contributed by atoms with van der Waals surface area (Å²) in [6.07, 6.45) is 1.66. The van der Waals surface area contributed by atoms with E-state index >= 15 is 0 Å². The van der Waals surface area contributed by atoms with Gasteiger partial charge in [0.2, 0.25) is 0 Å². The molecule has 6 nitrogen and oxygen atoms in total. The van der Waals surface area contributed by atoms with Crippen LogP contribution in [0.25, 0.3) is 6.08 Å². The number of benzene rings is 2. The Morgan fingerprint density at radius 1 is 0.938 bits per heavy atom. The molecule has 3 rings (SSSR count). The summed E-state index contributed by atoms with van der Waals surface area (Å²) in [5.41, 5.74) is 4.25. The molecule has 0 bridgehead atoms. The number of ether oxygens (including phenoxy) is 2. The molecule has 0 aliphatic heterocycles. The average Bonchev–Trinajstić information content (AvgIpc) is 3.28. The van der Waals surface area contributed by atoms with Crippen molar-refractivity contribution in [1.29, 1.82) is 0 Å². The van der Waals surface area contributed by atoms with Crippen LogP contribution >= 0.6 is 11.3 Å². The molecule has 0 aliphatic carbocycles. The molecule has 0 spiro atoms. The van der Waals surface area contributed by atoms with E-state index in [1.165, 1.54) is 25.6 Å². The Labute approximate surface area is 191 Å². The van der Waals surface area contributed by atoms with Crippen LogP contribution in [0.5, 0.6) is 11.5 Å². The molecule has 7 heteroatoms. The number of hydrogen-bond donors (Lipinski definition) is 2. The van der Waals surface area contributed by atoms with Crippen LogP contribution in [0.4, 0.5) is 5.69 Å². The standard InChI is InChI=1S/C25H26N2O4S/c1-15-11-16(2)23(17(3)12-15)27-25(29)20(14-19-7-6-10-32-19)26-24(28)18-8-9-21(30-4)22(13-18)31-5/h6-14H,1-5H3,(H,26,28)(H,27,29)/b20-14-. The highest BCUT2D eigenvalue weighted by Crippen LogP contribution is 2.28. The molecule has 2 amide bonds. The second-order valence-electron chi connectivity index (χ2n) is 7.33. The summed E-state index contributed by atoms with van der Waals surface area (Å²) >= 11 is 1.47. The fourth-order valence-corrected chi connectivity index (χ4v) is 4.06. The zero-order valence-corrected chi connectivity index (χ0v) is 19.6. The van der Waals surface area contributed by atoms with Gasteiger partial charge in [-0.1, -0.05) is 23.8 Å². The van der Waals surface area contributed by atoms with Crippen molar-refractivity contribution >= 4 is 34.9 Å². The van der Waals surface area contributed by atoms with Gasteiger partial charge in [-0.25, -0.2) is 0 Å². The van der Waals surface area contributed by atoms with E-state index in [9.17, 15) is 9.59 Å². The van der Waals surface area contributed by atoms with Crippen LogP contribution in [0.3, 0.4) is 0 Å². The van der Waals surface area contributed by atoms with E-state index in [0.29, 0.717) is 17.1 Å². The van der Waals surface area contributed by atoms with Crippen LogP contribution in [0.2, 0.25) is 0 Å². The summed E-state index contributed by atoms with van der Waals surface area (Å²) in [4.78, 5) is 27.0. The van der Waals surface area contributed by atoms with Gasteiger partial charge < -0.3 is 20.1 Å². The number of aryl methyl sites for hydroxylation is 3. The van der Waals surface area contributed by atoms with Crippen molar-refractivity contribution in [2.24, 2.45) is 0 Å². The predicted molar refractivity (Wildman–Crippen MR) is 129 cm³/mol. The number of anilines is 1. The van der Waals surface area contributed by atoms with Crippen LogP contribution in [-0.2, 0) is 4.79 Å². The van der Waals surface area contributed by atoms with Gasteiger partial charge in [0.25, 0.3) is 11.8 Å². The van der Waals surface area contributed by atoms with Crippen LogP contribution in [-0.4, -0.2) is 26.0 Å². The lowest BCUT2D eigenvalue weighted by Gasteiger charge is -2.15. The Balaban J connectivity index is 1.90. The molecule has 0 fully saturated rings. The van der Waals surface area contributed by atoms with Gasteiger partial charge in [0, 0.05) is 16.1 Å². The molecule has 2 N–H and O–H groups in total. The number of methoxy groups -OCH3 is 2. The van der Waals surface area contributed by atoms with Crippen molar-refractivity contribution in [2.75, 3.05) is 19.5 Å². The highest BCUT2D eigenvalue weighted by molar-refractivity contribution is 7.10. The number of amides is 2. The average molecular weight is 451 g/mol. The summed E-state index contributed by atoms with van der Waals surface area (Å²) in [5.74, 6) is 0.115. The minimum absolute atomic E-state index is 0.145. The SMILES string of the molecule is COc1ccc(C(=O)N/C(=C\c2cccs2)C(=O)Nc2c(C)cc(C)cc2C)cc1OC. The lowest BCUT2D eigenvalue weighted by molar-refractivity contribution is -0.113. The molecule has 0 radical (unpaired) electrons. The third-order valence-electron chi connectivity index (χ3n) is 4.88. The van der Waals surface area contributed by atoms with Gasteiger partial charge in [-0.2, -0.15) is 0 Å². The van der Waals surface area contributed by atoms with Crippen molar-refractivity contribution in [1.82, 2.24) is 5.32 Å². The maximum absolute atomic E-state index is 13.2. The molecule has 0 saturated heterocycles. The lowest BCUT2D eigenvalue weighted by atomic mass is 10.0. The number of thiophene rings is 1. The molecular formula is C25H26N2O4S. The molecule has 0 unspecified atom stereocenters. The molecule has 0 saturated carbocycles. The van der Waals surface area contributed by atoms with Crippen molar-refractivity contribution in [3.63, 3.8) is 0 Å². The fourth-order valence-electron chi connectivity index (χ4n) is 3.40. The normalized spacial score (nSPS) is 11.1. The minimum atomic E-state index is -0.429. The van der Waals surface area contributed by atoms with E-state index in [2.05, 4.69) is 10.6 Å². The van der Waals surface area contributed by atoms with Crippen LogP contribution < -0.4 is 20.1 Å². The quantitative estimate of drug-likeness (QED) is 0.491. The Morgan fingerprint density at radius 3 is 2.22 bits per heavy atom. The monoisotopic (exact) mass is 450 g/mol. The first-order valence-electron chi connectivity index (χ1n) is 10.00. The zero-order valence-electron chi connectivity index (χ0n) is 18.7. The molecule has 166 valence electrons. The Kier molecular flexibility index (Phi) is 7.33. The maximum Gasteiger partial charge on any atom is 0.272 e. The van der Waals surface area contributed by atoms with Crippen LogP contribution in [0, 0.1) is 20.8 Å². The van der Waals surface area contributed by atoms with E-state index < -0.39 is 11.8 Å². The van der Waals surface area contributed by atoms with Gasteiger partial charge in [0.05, 0.1) is 14.2 Å². The third-order valence-corrected chi connectivity index (χ3v) is 5.70. The van der Waals surface area contributed by atoms with Crippen molar-refractivity contribution < 1.29 is 19.1 Å². The third kappa shape index (κ3) is 5.36. The van der Waals surface area contributed by atoms with E-state index in [4.69, 9.17) is 9.47 Å². The molecule has 3 aromatic rings. The predicted octanol–water partition coefficient (Wildman–Crippen LogP) is 5.10. The fraction of sp³-hybridized carbons (Fsp3) is 0.200. The summed E-state index contributed by atoms with van der Waals surface area (Å²) in [5, 5.41) is 7.61. The molecule has 1 heterocycles. The minimum Gasteiger partial charge on any atom is -0.493 e. The first kappa shape index (κ1) is 23.1. The van der Waals surface area contributed by atoms with Crippen molar-refractivity contribution in [3.8, 4) is 11.5 Å².